The van der Waals surface area contributed by atoms with Gasteiger partial charge >= 0.3 is 0 Å². The van der Waals surface area contributed by atoms with E-state index in [1.807, 2.05) is 0 Å². The van der Waals surface area contributed by atoms with Crippen molar-refractivity contribution in [3.05, 3.63) is 0 Å². The van der Waals surface area contributed by atoms with Gasteiger partial charge in [0.05, 0.1) is 0 Å². The summed E-state index contributed by atoms with van der Waals surface area (Å²) in [6.07, 6.45) is 4.83. The molecule has 0 aromatic rings. The average molecular weight is 200 g/mol. The van der Waals surface area contributed by atoms with E-state index in [9.17, 15) is 5.11 Å². The molecule has 2 heteroatoms. The van der Waals surface area contributed by atoms with E-state index in [0.717, 1.165) is 43.9 Å². The molecule has 2 nitrogen and oxygen atoms in total. The van der Waals surface area contributed by atoms with E-state index in [1.54, 1.807) is 0 Å². The lowest BCUT2D eigenvalue weighted by atomic mass is 9.79. The molecule has 0 spiro atoms. The van der Waals surface area contributed by atoms with Crippen molar-refractivity contribution in [2.45, 2.75) is 58.7 Å². The van der Waals surface area contributed by atoms with E-state index >= 15 is 0 Å². The molecule has 0 aromatic carbocycles. The Balaban J connectivity index is 2.33. The van der Waals surface area contributed by atoms with Crippen molar-refractivity contribution in [1.29, 1.82) is 0 Å². The predicted molar refractivity (Wildman–Crippen MR) is 58.0 cm³/mol. The normalized spacial score (nSPS) is 33.6. The Bertz CT molecular complexity index is 158. The van der Waals surface area contributed by atoms with Gasteiger partial charge in [0, 0.05) is 19.4 Å². The summed E-state index contributed by atoms with van der Waals surface area (Å²) in [5.74, 6) is 0.715. The largest absolute Gasteiger partial charge is 0.365 e. The second kappa shape index (κ2) is 5.13. The van der Waals surface area contributed by atoms with Crippen LogP contribution in [0, 0.1) is 11.8 Å². The minimum Gasteiger partial charge on any atom is -0.365 e. The van der Waals surface area contributed by atoms with Crippen molar-refractivity contribution in [1.82, 2.24) is 0 Å². The van der Waals surface area contributed by atoms with Crippen molar-refractivity contribution in [2.75, 3.05) is 6.61 Å². The first-order valence-electron chi connectivity index (χ1n) is 5.94. The van der Waals surface area contributed by atoms with Crippen molar-refractivity contribution in [2.24, 2.45) is 11.8 Å². The molecule has 1 N–H and O–H groups in total. The zero-order chi connectivity index (χ0) is 10.6. The molecule has 1 aliphatic carbocycles. The highest BCUT2D eigenvalue weighted by molar-refractivity contribution is 4.79. The summed E-state index contributed by atoms with van der Waals surface area (Å²) in [7, 11) is 0. The Morgan fingerprint density at radius 3 is 2.36 bits per heavy atom. The van der Waals surface area contributed by atoms with Gasteiger partial charge in [-0.2, -0.15) is 0 Å². The maximum Gasteiger partial charge on any atom is 0.165 e. The van der Waals surface area contributed by atoms with E-state index in [-0.39, 0.29) is 0 Å². The summed E-state index contributed by atoms with van der Waals surface area (Å²) >= 11 is 0. The average Bonchev–Trinajstić information content (AvgIpc) is 2.16. The van der Waals surface area contributed by atoms with E-state index < -0.39 is 5.79 Å². The minimum absolute atomic E-state index is 0.683. The standard InChI is InChI=1S/C12H24O2/c1-4-9-14-12(13)7-5-11(6-8-12)10(2)3/h10-11,13H,4-9H2,1-3H3. The van der Waals surface area contributed by atoms with Crippen LogP contribution in [-0.4, -0.2) is 17.5 Å². The summed E-state index contributed by atoms with van der Waals surface area (Å²) in [4.78, 5) is 0. The van der Waals surface area contributed by atoms with Gasteiger partial charge in [-0.3, -0.25) is 0 Å². The first kappa shape index (κ1) is 12.0. The van der Waals surface area contributed by atoms with Gasteiger partial charge in [-0.1, -0.05) is 20.8 Å². The number of hydrogen-bond acceptors (Lipinski definition) is 2. The zero-order valence-electron chi connectivity index (χ0n) is 9.75. The Hall–Kier alpha value is -0.0800. The highest BCUT2D eigenvalue weighted by atomic mass is 16.6. The molecule has 0 amide bonds. The molecular weight excluding hydrogens is 176 g/mol. The van der Waals surface area contributed by atoms with Crippen LogP contribution in [0.1, 0.15) is 52.9 Å². The van der Waals surface area contributed by atoms with Crippen LogP contribution in [0.5, 0.6) is 0 Å². The Kier molecular flexibility index (Phi) is 4.39. The molecule has 0 atom stereocenters. The molecule has 0 unspecified atom stereocenters. The van der Waals surface area contributed by atoms with Crippen molar-refractivity contribution >= 4 is 0 Å². The molecule has 0 bridgehead atoms. The van der Waals surface area contributed by atoms with Crippen molar-refractivity contribution in [3.8, 4) is 0 Å². The minimum atomic E-state index is -0.804. The third-order valence-electron chi connectivity index (χ3n) is 3.33. The smallest absolute Gasteiger partial charge is 0.165 e. The molecule has 1 fully saturated rings. The summed E-state index contributed by atoms with van der Waals surface area (Å²) in [6.45, 7) is 7.29. The first-order valence-corrected chi connectivity index (χ1v) is 5.94. The van der Waals surface area contributed by atoms with Crippen LogP contribution in [0.25, 0.3) is 0 Å². The lowest BCUT2D eigenvalue weighted by molar-refractivity contribution is -0.226. The number of aliphatic hydroxyl groups is 1. The van der Waals surface area contributed by atoms with Crippen molar-refractivity contribution < 1.29 is 9.84 Å². The number of rotatable bonds is 4. The van der Waals surface area contributed by atoms with Gasteiger partial charge in [-0.05, 0) is 31.1 Å². The fourth-order valence-electron chi connectivity index (χ4n) is 2.19. The van der Waals surface area contributed by atoms with Gasteiger partial charge in [0.1, 0.15) is 0 Å². The number of ether oxygens (including phenoxy) is 1. The predicted octanol–water partition coefficient (Wildman–Crippen LogP) is 2.95. The van der Waals surface area contributed by atoms with Crippen LogP contribution in [0.4, 0.5) is 0 Å². The number of hydrogen-bond donors (Lipinski definition) is 1. The second-order valence-electron chi connectivity index (χ2n) is 4.88. The Morgan fingerprint density at radius 2 is 1.93 bits per heavy atom. The van der Waals surface area contributed by atoms with Gasteiger partial charge in [-0.15, -0.1) is 0 Å². The molecule has 1 saturated carbocycles. The lowest BCUT2D eigenvalue weighted by Crippen LogP contribution is -2.38. The SMILES string of the molecule is CCCOC1(O)CCC(C(C)C)CC1. The van der Waals surface area contributed by atoms with E-state index in [2.05, 4.69) is 20.8 Å². The van der Waals surface area contributed by atoms with E-state index in [4.69, 9.17) is 4.74 Å². The maximum absolute atomic E-state index is 10.1. The van der Waals surface area contributed by atoms with Crippen LogP contribution in [0.3, 0.4) is 0 Å². The van der Waals surface area contributed by atoms with Gasteiger partial charge in [-0.25, -0.2) is 0 Å². The molecule has 1 rings (SSSR count). The zero-order valence-corrected chi connectivity index (χ0v) is 9.75. The molecule has 0 radical (unpaired) electrons. The van der Waals surface area contributed by atoms with Gasteiger partial charge < -0.3 is 9.84 Å². The summed E-state index contributed by atoms with van der Waals surface area (Å²) in [5.41, 5.74) is 0. The van der Waals surface area contributed by atoms with Crippen LogP contribution in [-0.2, 0) is 4.74 Å². The molecule has 0 heterocycles. The molecule has 84 valence electrons. The van der Waals surface area contributed by atoms with Crippen molar-refractivity contribution in [3.63, 3.8) is 0 Å². The summed E-state index contributed by atoms with van der Waals surface area (Å²) in [5, 5.41) is 10.1. The third kappa shape index (κ3) is 3.25. The molecule has 0 aromatic heterocycles. The fourth-order valence-corrected chi connectivity index (χ4v) is 2.19. The quantitative estimate of drug-likeness (QED) is 0.707. The maximum atomic E-state index is 10.1. The van der Waals surface area contributed by atoms with Gasteiger partial charge in [0.15, 0.2) is 5.79 Å². The van der Waals surface area contributed by atoms with Crippen LogP contribution in [0.15, 0.2) is 0 Å². The van der Waals surface area contributed by atoms with Gasteiger partial charge in [0.2, 0.25) is 0 Å². The van der Waals surface area contributed by atoms with E-state index in [0.29, 0.717) is 6.61 Å². The first-order chi connectivity index (χ1) is 6.57. The second-order valence-corrected chi connectivity index (χ2v) is 4.88. The molecule has 0 saturated heterocycles. The van der Waals surface area contributed by atoms with Crippen LogP contribution in [0.2, 0.25) is 0 Å². The molecule has 0 aliphatic heterocycles. The van der Waals surface area contributed by atoms with E-state index in [1.165, 1.54) is 0 Å². The summed E-state index contributed by atoms with van der Waals surface area (Å²) < 4.78 is 5.50. The topological polar surface area (TPSA) is 29.5 Å². The monoisotopic (exact) mass is 200 g/mol. The molecular formula is C12H24O2. The van der Waals surface area contributed by atoms with Crippen LogP contribution < -0.4 is 0 Å². The lowest BCUT2D eigenvalue weighted by Gasteiger charge is -2.37. The Morgan fingerprint density at radius 1 is 1.36 bits per heavy atom. The highest BCUT2D eigenvalue weighted by Crippen LogP contribution is 2.36. The summed E-state index contributed by atoms with van der Waals surface area (Å²) in [6, 6.07) is 0. The molecule has 14 heavy (non-hydrogen) atoms. The highest BCUT2D eigenvalue weighted by Gasteiger charge is 2.34. The van der Waals surface area contributed by atoms with Gasteiger partial charge in [0.25, 0.3) is 0 Å². The fraction of sp³-hybridized carbons (Fsp3) is 1.00. The van der Waals surface area contributed by atoms with Crippen LogP contribution >= 0.6 is 0 Å². The Labute approximate surface area is 87.7 Å². The molecule has 1 aliphatic rings. The third-order valence-corrected chi connectivity index (χ3v) is 3.33.